The molecule has 34 heavy (non-hydrogen) atoms. The Kier molecular flexibility index (Phi) is 7.89. The number of likely N-dealkylation sites (tertiary alicyclic amines) is 1. The number of sulfonamides is 1. The molecule has 2 fully saturated rings. The van der Waals surface area contributed by atoms with Gasteiger partial charge in [-0.1, -0.05) is 0 Å². The van der Waals surface area contributed by atoms with E-state index in [1.807, 2.05) is 13.0 Å². The van der Waals surface area contributed by atoms with Crippen molar-refractivity contribution in [3.8, 4) is 0 Å². The summed E-state index contributed by atoms with van der Waals surface area (Å²) in [7, 11) is -3.40. The molecule has 2 aliphatic heterocycles. The third kappa shape index (κ3) is 5.69. The normalized spacial score (nSPS) is 24.9. The third-order valence-corrected chi connectivity index (χ3v) is 9.55. The second kappa shape index (κ2) is 10.0. The summed E-state index contributed by atoms with van der Waals surface area (Å²) in [5.74, 6) is 0. The SMILES string of the molecule is Cc1c(NC(=O)N2CCC(NS(=O)(=O)C(C)(C)C)CC2)ccc(N2CC(C)OC(C)C2C)c1C. The van der Waals surface area contributed by atoms with E-state index in [0.29, 0.717) is 25.9 Å². The van der Waals surface area contributed by atoms with Crippen molar-refractivity contribution < 1.29 is 17.9 Å². The molecule has 0 bridgehead atoms. The van der Waals surface area contributed by atoms with Crippen LogP contribution in [0.4, 0.5) is 16.2 Å². The molecule has 2 aliphatic rings. The number of urea groups is 1. The number of amides is 2. The van der Waals surface area contributed by atoms with Crippen molar-refractivity contribution in [3.63, 3.8) is 0 Å². The molecule has 1 aromatic rings. The molecule has 8 nitrogen and oxygen atoms in total. The lowest BCUT2D eigenvalue weighted by atomic mass is 10.0. The number of carbonyl (C=O) groups is 1. The van der Waals surface area contributed by atoms with E-state index < -0.39 is 14.8 Å². The zero-order valence-corrected chi connectivity index (χ0v) is 22.8. The number of rotatable bonds is 4. The maximum absolute atomic E-state index is 13.0. The number of nitrogens with zero attached hydrogens (tertiary/aromatic N) is 2. The minimum Gasteiger partial charge on any atom is -0.372 e. The Morgan fingerprint density at radius 1 is 1.06 bits per heavy atom. The average Bonchev–Trinajstić information content (AvgIpc) is 2.74. The quantitative estimate of drug-likeness (QED) is 0.660. The molecule has 3 rings (SSSR count). The summed E-state index contributed by atoms with van der Waals surface area (Å²) >= 11 is 0. The number of carbonyl (C=O) groups excluding carboxylic acids is 1. The van der Waals surface area contributed by atoms with Gasteiger partial charge in [-0.25, -0.2) is 17.9 Å². The van der Waals surface area contributed by atoms with Gasteiger partial charge in [-0.2, -0.15) is 0 Å². The van der Waals surface area contributed by atoms with Crippen LogP contribution in [0.5, 0.6) is 0 Å². The molecule has 0 spiro atoms. The van der Waals surface area contributed by atoms with Crippen molar-refractivity contribution in [1.82, 2.24) is 9.62 Å². The Hall–Kier alpha value is -1.84. The van der Waals surface area contributed by atoms with E-state index in [-0.39, 0.29) is 30.3 Å². The van der Waals surface area contributed by atoms with Crippen molar-refractivity contribution >= 4 is 27.4 Å². The first-order valence-corrected chi connectivity index (χ1v) is 13.8. The van der Waals surface area contributed by atoms with Crippen LogP contribution in [0.2, 0.25) is 0 Å². The number of nitrogens with one attached hydrogen (secondary N) is 2. The molecule has 3 unspecified atom stereocenters. The van der Waals surface area contributed by atoms with Crippen LogP contribution in [-0.4, -0.2) is 68.0 Å². The molecule has 192 valence electrons. The van der Waals surface area contributed by atoms with Gasteiger partial charge in [0.2, 0.25) is 10.0 Å². The number of morpholine rings is 1. The van der Waals surface area contributed by atoms with Gasteiger partial charge in [0.1, 0.15) is 0 Å². The van der Waals surface area contributed by atoms with Crippen LogP contribution >= 0.6 is 0 Å². The molecule has 2 saturated heterocycles. The Balaban J connectivity index is 1.63. The van der Waals surface area contributed by atoms with E-state index in [1.165, 1.54) is 5.69 Å². The Labute approximate surface area is 205 Å². The smallest absolute Gasteiger partial charge is 0.321 e. The van der Waals surface area contributed by atoms with Crippen molar-refractivity contribution in [2.45, 2.75) is 97.3 Å². The fourth-order valence-electron chi connectivity index (χ4n) is 4.58. The van der Waals surface area contributed by atoms with Crippen LogP contribution in [0.1, 0.15) is 65.5 Å². The maximum Gasteiger partial charge on any atom is 0.321 e. The van der Waals surface area contributed by atoms with Crippen LogP contribution in [0.3, 0.4) is 0 Å². The molecule has 9 heteroatoms. The van der Waals surface area contributed by atoms with Crippen molar-refractivity contribution in [1.29, 1.82) is 0 Å². The topological polar surface area (TPSA) is 91.0 Å². The van der Waals surface area contributed by atoms with Gasteiger partial charge >= 0.3 is 6.03 Å². The lowest BCUT2D eigenvalue weighted by Gasteiger charge is -2.43. The first-order chi connectivity index (χ1) is 15.7. The predicted molar refractivity (Wildman–Crippen MR) is 138 cm³/mol. The van der Waals surface area contributed by atoms with E-state index in [0.717, 1.165) is 23.4 Å². The first-order valence-electron chi connectivity index (χ1n) is 12.3. The van der Waals surface area contributed by atoms with Crippen molar-refractivity contribution in [2.24, 2.45) is 0 Å². The third-order valence-electron chi connectivity index (χ3n) is 7.29. The van der Waals surface area contributed by atoms with Gasteiger partial charge in [0, 0.05) is 37.1 Å². The van der Waals surface area contributed by atoms with Crippen molar-refractivity contribution in [3.05, 3.63) is 23.3 Å². The summed E-state index contributed by atoms with van der Waals surface area (Å²) in [6.45, 7) is 17.5. The Morgan fingerprint density at radius 3 is 2.26 bits per heavy atom. The molecular weight excluding hydrogens is 452 g/mol. The van der Waals surface area contributed by atoms with Gasteiger partial charge in [-0.3, -0.25) is 0 Å². The summed E-state index contributed by atoms with van der Waals surface area (Å²) in [6, 6.07) is 4.06. The fraction of sp³-hybridized carbons (Fsp3) is 0.720. The molecule has 2 amide bonds. The van der Waals surface area contributed by atoms with Gasteiger partial charge in [0.05, 0.1) is 23.0 Å². The number of hydrogen-bond acceptors (Lipinski definition) is 5. The fourth-order valence-corrected chi connectivity index (χ4v) is 5.61. The second-order valence-corrected chi connectivity index (χ2v) is 13.3. The number of piperidine rings is 1. The molecule has 0 radical (unpaired) electrons. The molecule has 2 N–H and O–H groups in total. The second-order valence-electron chi connectivity index (χ2n) is 10.9. The number of ether oxygens (including phenoxy) is 1. The van der Waals surface area contributed by atoms with E-state index in [1.54, 1.807) is 25.7 Å². The number of benzene rings is 1. The molecule has 0 aliphatic carbocycles. The van der Waals surface area contributed by atoms with Gasteiger partial charge < -0.3 is 19.9 Å². The summed E-state index contributed by atoms with van der Waals surface area (Å²) in [4.78, 5) is 17.1. The summed E-state index contributed by atoms with van der Waals surface area (Å²) in [5.41, 5.74) is 4.19. The number of hydrogen-bond donors (Lipinski definition) is 2. The van der Waals surface area contributed by atoms with Gasteiger partial charge in [0.15, 0.2) is 0 Å². The van der Waals surface area contributed by atoms with Gasteiger partial charge in [-0.05, 0) is 91.5 Å². The summed E-state index contributed by atoms with van der Waals surface area (Å²) in [6.07, 6.45) is 1.52. The molecule has 3 atom stereocenters. The van der Waals surface area contributed by atoms with Crippen LogP contribution < -0.4 is 14.9 Å². The van der Waals surface area contributed by atoms with E-state index in [9.17, 15) is 13.2 Å². The lowest BCUT2D eigenvalue weighted by molar-refractivity contribution is -0.0258. The van der Waals surface area contributed by atoms with Crippen LogP contribution in [-0.2, 0) is 14.8 Å². The molecular formula is C25H42N4O4S. The zero-order chi connectivity index (χ0) is 25.4. The van der Waals surface area contributed by atoms with Gasteiger partial charge in [-0.15, -0.1) is 0 Å². The van der Waals surface area contributed by atoms with E-state index in [2.05, 4.69) is 48.7 Å². The van der Waals surface area contributed by atoms with Crippen molar-refractivity contribution in [2.75, 3.05) is 29.9 Å². The molecule has 2 heterocycles. The highest BCUT2D eigenvalue weighted by molar-refractivity contribution is 7.90. The largest absolute Gasteiger partial charge is 0.372 e. The molecule has 0 aromatic heterocycles. The van der Waals surface area contributed by atoms with E-state index >= 15 is 0 Å². The molecule has 1 aromatic carbocycles. The zero-order valence-electron chi connectivity index (χ0n) is 21.9. The minimum absolute atomic E-state index is 0.142. The highest BCUT2D eigenvalue weighted by Gasteiger charge is 2.34. The predicted octanol–water partition coefficient (Wildman–Crippen LogP) is 4.02. The van der Waals surface area contributed by atoms with Gasteiger partial charge in [0.25, 0.3) is 0 Å². The first kappa shape index (κ1) is 26.8. The van der Waals surface area contributed by atoms with E-state index in [4.69, 9.17) is 4.74 Å². The maximum atomic E-state index is 13.0. The highest BCUT2D eigenvalue weighted by Crippen LogP contribution is 2.33. The highest BCUT2D eigenvalue weighted by atomic mass is 32.2. The van der Waals surface area contributed by atoms with Crippen LogP contribution in [0.25, 0.3) is 0 Å². The molecule has 0 saturated carbocycles. The Bertz CT molecular complexity index is 997. The summed E-state index contributed by atoms with van der Waals surface area (Å²) < 4.78 is 32.8. The average molecular weight is 495 g/mol. The summed E-state index contributed by atoms with van der Waals surface area (Å²) in [5, 5.41) is 3.07. The standard InChI is InChI=1S/C25H42N4O4S/c1-16-15-29(19(4)20(5)33-16)23-10-9-22(17(2)18(23)3)26-24(30)28-13-11-21(12-14-28)27-34(31,32)25(6,7)8/h9-10,16,19-21,27H,11-15H2,1-8H3,(H,26,30). The van der Waals surface area contributed by atoms with Crippen LogP contribution in [0, 0.1) is 13.8 Å². The van der Waals surface area contributed by atoms with Crippen LogP contribution in [0.15, 0.2) is 12.1 Å². The minimum atomic E-state index is -3.40. The Morgan fingerprint density at radius 2 is 1.68 bits per heavy atom. The monoisotopic (exact) mass is 494 g/mol. The lowest BCUT2D eigenvalue weighted by Crippen LogP contribution is -2.52. The number of anilines is 2.